The van der Waals surface area contributed by atoms with Crippen molar-refractivity contribution in [3.05, 3.63) is 57.7 Å². The van der Waals surface area contributed by atoms with Crippen molar-refractivity contribution in [1.82, 2.24) is 4.98 Å². The quantitative estimate of drug-likeness (QED) is 0.666. The lowest BCUT2D eigenvalue weighted by Crippen LogP contribution is -2.05. The molecule has 0 N–H and O–H groups in total. The van der Waals surface area contributed by atoms with Crippen molar-refractivity contribution in [3.63, 3.8) is 0 Å². The van der Waals surface area contributed by atoms with Crippen molar-refractivity contribution < 1.29 is 13.2 Å². The summed E-state index contributed by atoms with van der Waals surface area (Å²) in [5, 5.41) is 1.53. The molecule has 0 spiro atoms. The number of nitrogens with zero attached hydrogens (tertiary/aromatic N) is 1. The van der Waals surface area contributed by atoms with E-state index < -0.39 is 11.7 Å². The van der Waals surface area contributed by atoms with Gasteiger partial charge in [0.05, 0.1) is 10.6 Å². The molecule has 0 aliphatic carbocycles. The summed E-state index contributed by atoms with van der Waals surface area (Å²) >= 11 is 13.3. The van der Waals surface area contributed by atoms with Gasteiger partial charge >= 0.3 is 6.18 Å². The predicted molar refractivity (Wildman–Crippen MR) is 75.3 cm³/mol. The first kappa shape index (κ1) is 15.5. The van der Waals surface area contributed by atoms with Gasteiger partial charge in [-0.2, -0.15) is 13.2 Å². The zero-order valence-electron chi connectivity index (χ0n) is 9.92. The smallest absolute Gasteiger partial charge is 0.249 e. The molecule has 0 saturated carbocycles. The van der Waals surface area contributed by atoms with Crippen LogP contribution < -0.4 is 0 Å². The second kappa shape index (κ2) is 6.24. The minimum atomic E-state index is -4.37. The highest BCUT2D eigenvalue weighted by molar-refractivity contribution is 7.98. The molecular formula is C13H8Cl2F3NS. The van der Waals surface area contributed by atoms with E-state index in [1.54, 1.807) is 18.2 Å². The number of benzene rings is 1. The summed E-state index contributed by atoms with van der Waals surface area (Å²) in [6, 6.07) is 7.49. The lowest BCUT2D eigenvalue weighted by molar-refractivity contribution is -0.137. The topological polar surface area (TPSA) is 12.9 Å². The van der Waals surface area contributed by atoms with Crippen LogP contribution in [-0.2, 0) is 11.9 Å². The highest BCUT2D eigenvalue weighted by Gasteiger charge is 2.30. The van der Waals surface area contributed by atoms with Gasteiger partial charge in [0.2, 0.25) is 0 Å². The summed E-state index contributed by atoms with van der Waals surface area (Å²) in [6.07, 6.45) is -3.56. The Kier molecular flexibility index (Phi) is 4.83. The van der Waals surface area contributed by atoms with Gasteiger partial charge in [-0.25, -0.2) is 4.98 Å². The number of thioether (sulfide) groups is 1. The fourth-order valence-electron chi connectivity index (χ4n) is 1.45. The molecule has 0 saturated heterocycles. The number of halogens is 5. The Bertz CT molecular complexity index is 579. The Hall–Kier alpha value is -0.910. The van der Waals surface area contributed by atoms with E-state index in [0.717, 1.165) is 17.8 Å². The van der Waals surface area contributed by atoms with Crippen molar-refractivity contribution >= 4 is 35.0 Å². The molecule has 0 amide bonds. The second-order valence-corrected chi connectivity index (χ2v) is 5.68. The molecule has 0 fully saturated rings. The van der Waals surface area contributed by atoms with Gasteiger partial charge in [-0.05, 0) is 29.8 Å². The van der Waals surface area contributed by atoms with E-state index in [4.69, 9.17) is 23.2 Å². The first-order chi connectivity index (χ1) is 9.38. The monoisotopic (exact) mass is 337 g/mol. The zero-order chi connectivity index (χ0) is 14.8. The molecule has 1 heterocycles. The summed E-state index contributed by atoms with van der Waals surface area (Å²) in [5.74, 6) is 0.441. The standard InChI is InChI=1S/C13H8Cl2F3NS/c14-10-2-1-3-11(15)9(10)7-20-12-5-4-8(6-19-12)13(16,17)18/h1-6H,7H2. The fourth-order valence-corrected chi connectivity index (χ4v) is 3.03. The molecule has 7 heteroatoms. The van der Waals surface area contributed by atoms with Crippen LogP contribution in [0.3, 0.4) is 0 Å². The van der Waals surface area contributed by atoms with Crippen molar-refractivity contribution in [2.75, 3.05) is 0 Å². The van der Waals surface area contributed by atoms with Gasteiger partial charge in [-0.15, -0.1) is 11.8 Å². The van der Waals surface area contributed by atoms with E-state index in [9.17, 15) is 13.2 Å². The van der Waals surface area contributed by atoms with Crippen LogP contribution in [0.2, 0.25) is 10.0 Å². The first-order valence-electron chi connectivity index (χ1n) is 5.47. The maximum Gasteiger partial charge on any atom is 0.417 e. The molecule has 2 rings (SSSR count). The van der Waals surface area contributed by atoms with Crippen molar-refractivity contribution in [3.8, 4) is 0 Å². The highest BCUT2D eigenvalue weighted by atomic mass is 35.5. The Balaban J connectivity index is 2.08. The van der Waals surface area contributed by atoms with Gasteiger partial charge in [0, 0.05) is 22.0 Å². The number of aromatic nitrogens is 1. The summed E-state index contributed by atoms with van der Waals surface area (Å²) in [4.78, 5) is 3.78. The molecule has 0 aliphatic rings. The van der Waals surface area contributed by atoms with Gasteiger partial charge in [-0.3, -0.25) is 0 Å². The third kappa shape index (κ3) is 3.81. The molecule has 1 aromatic heterocycles. The average molecular weight is 338 g/mol. The SMILES string of the molecule is FC(F)(F)c1ccc(SCc2c(Cl)cccc2Cl)nc1. The lowest BCUT2D eigenvalue weighted by atomic mass is 10.2. The number of hydrogen-bond donors (Lipinski definition) is 0. The Morgan fingerprint density at radius 3 is 2.20 bits per heavy atom. The van der Waals surface area contributed by atoms with Crippen LogP contribution in [0.1, 0.15) is 11.1 Å². The molecule has 0 aliphatic heterocycles. The van der Waals surface area contributed by atoms with E-state index in [0.29, 0.717) is 20.8 Å². The number of rotatable bonds is 3. The van der Waals surface area contributed by atoms with E-state index in [-0.39, 0.29) is 0 Å². The Labute approximate surface area is 128 Å². The van der Waals surface area contributed by atoms with Crippen LogP contribution in [0.15, 0.2) is 41.6 Å². The average Bonchev–Trinajstić information content (AvgIpc) is 2.37. The third-order valence-corrected chi connectivity index (χ3v) is 4.17. The molecule has 1 nitrogen and oxygen atoms in total. The molecule has 0 atom stereocenters. The van der Waals surface area contributed by atoms with Crippen LogP contribution in [0.25, 0.3) is 0 Å². The van der Waals surface area contributed by atoms with Gasteiger partial charge < -0.3 is 0 Å². The highest BCUT2D eigenvalue weighted by Crippen LogP contribution is 2.32. The Morgan fingerprint density at radius 1 is 1.05 bits per heavy atom. The van der Waals surface area contributed by atoms with Gasteiger partial charge in [0.25, 0.3) is 0 Å². The van der Waals surface area contributed by atoms with Gasteiger partial charge in [-0.1, -0.05) is 29.3 Å². The Morgan fingerprint density at radius 2 is 1.70 bits per heavy atom. The fraction of sp³-hybridized carbons (Fsp3) is 0.154. The van der Waals surface area contributed by atoms with Crippen LogP contribution >= 0.6 is 35.0 Å². The van der Waals surface area contributed by atoms with Crippen molar-refractivity contribution in [2.24, 2.45) is 0 Å². The van der Waals surface area contributed by atoms with Crippen LogP contribution in [0.4, 0.5) is 13.2 Å². The molecule has 0 bridgehead atoms. The minimum absolute atomic E-state index is 0.441. The van der Waals surface area contributed by atoms with Crippen LogP contribution in [0, 0.1) is 0 Å². The lowest BCUT2D eigenvalue weighted by Gasteiger charge is -2.08. The first-order valence-corrected chi connectivity index (χ1v) is 7.21. The third-order valence-electron chi connectivity index (χ3n) is 2.49. The number of hydrogen-bond acceptors (Lipinski definition) is 2. The second-order valence-electron chi connectivity index (χ2n) is 3.87. The summed E-state index contributed by atoms with van der Waals surface area (Å²) in [6.45, 7) is 0. The number of alkyl halides is 3. The van der Waals surface area contributed by atoms with Crippen molar-refractivity contribution in [1.29, 1.82) is 0 Å². The molecule has 106 valence electrons. The number of pyridine rings is 1. The molecule has 1 aromatic carbocycles. The molecule has 0 unspecified atom stereocenters. The van der Waals surface area contributed by atoms with Gasteiger partial charge in [0.1, 0.15) is 0 Å². The maximum absolute atomic E-state index is 12.4. The molecule has 0 radical (unpaired) electrons. The summed E-state index contributed by atoms with van der Waals surface area (Å²) < 4.78 is 37.2. The zero-order valence-corrected chi connectivity index (χ0v) is 12.2. The van der Waals surface area contributed by atoms with E-state index in [1.165, 1.54) is 17.8 Å². The largest absolute Gasteiger partial charge is 0.417 e. The van der Waals surface area contributed by atoms with E-state index in [1.807, 2.05) is 0 Å². The van der Waals surface area contributed by atoms with Crippen LogP contribution in [-0.4, -0.2) is 4.98 Å². The summed E-state index contributed by atoms with van der Waals surface area (Å²) in [7, 11) is 0. The summed E-state index contributed by atoms with van der Waals surface area (Å²) in [5.41, 5.74) is -0.0276. The maximum atomic E-state index is 12.4. The van der Waals surface area contributed by atoms with E-state index in [2.05, 4.69) is 4.98 Å². The van der Waals surface area contributed by atoms with Crippen molar-refractivity contribution in [2.45, 2.75) is 17.0 Å². The van der Waals surface area contributed by atoms with E-state index >= 15 is 0 Å². The molecule has 2 aromatic rings. The minimum Gasteiger partial charge on any atom is -0.249 e. The molecule has 20 heavy (non-hydrogen) atoms. The predicted octanol–water partition coefficient (Wildman–Crippen LogP) is 5.70. The van der Waals surface area contributed by atoms with Crippen LogP contribution in [0.5, 0.6) is 0 Å². The molecular weight excluding hydrogens is 330 g/mol. The normalized spacial score (nSPS) is 11.7. The van der Waals surface area contributed by atoms with Gasteiger partial charge in [0.15, 0.2) is 0 Å².